The van der Waals surface area contributed by atoms with Crippen LogP contribution < -0.4 is 5.32 Å². The summed E-state index contributed by atoms with van der Waals surface area (Å²) >= 11 is 5.76. The van der Waals surface area contributed by atoms with Gasteiger partial charge in [-0.2, -0.15) is 0 Å². The third-order valence-corrected chi connectivity index (χ3v) is 2.46. The van der Waals surface area contributed by atoms with E-state index < -0.39 is 0 Å². The zero-order valence-electron chi connectivity index (χ0n) is 7.87. The van der Waals surface area contributed by atoms with Gasteiger partial charge in [-0.25, -0.2) is 4.98 Å². The summed E-state index contributed by atoms with van der Waals surface area (Å²) in [6, 6.07) is 5.55. The van der Waals surface area contributed by atoms with E-state index in [0.717, 1.165) is 31.8 Å². The van der Waals surface area contributed by atoms with Crippen LogP contribution in [0.4, 0.5) is 5.82 Å². The molecule has 2 rings (SSSR count). The van der Waals surface area contributed by atoms with Crippen molar-refractivity contribution < 1.29 is 4.74 Å². The zero-order valence-corrected chi connectivity index (χ0v) is 8.63. The van der Waals surface area contributed by atoms with Gasteiger partial charge < -0.3 is 10.1 Å². The molecule has 2 heterocycles. The SMILES string of the molecule is Clc1cccc(NC[C@H]2CCCO2)n1. The molecule has 1 aliphatic heterocycles. The maximum atomic E-state index is 5.76. The molecule has 0 aromatic carbocycles. The number of ether oxygens (including phenoxy) is 1. The summed E-state index contributed by atoms with van der Waals surface area (Å²) in [5, 5.41) is 3.72. The molecule has 1 N–H and O–H groups in total. The molecule has 14 heavy (non-hydrogen) atoms. The van der Waals surface area contributed by atoms with E-state index in [4.69, 9.17) is 16.3 Å². The fourth-order valence-electron chi connectivity index (χ4n) is 1.53. The highest BCUT2D eigenvalue weighted by Crippen LogP contribution is 2.14. The minimum absolute atomic E-state index is 0.329. The number of nitrogens with one attached hydrogen (secondary N) is 1. The fraction of sp³-hybridized carbons (Fsp3) is 0.500. The van der Waals surface area contributed by atoms with Gasteiger partial charge in [-0.05, 0) is 25.0 Å². The van der Waals surface area contributed by atoms with Crippen LogP contribution in [-0.4, -0.2) is 24.2 Å². The summed E-state index contributed by atoms with van der Waals surface area (Å²) in [7, 11) is 0. The molecule has 0 spiro atoms. The van der Waals surface area contributed by atoms with E-state index in [9.17, 15) is 0 Å². The van der Waals surface area contributed by atoms with Crippen molar-refractivity contribution in [2.75, 3.05) is 18.5 Å². The molecule has 76 valence electrons. The number of hydrogen-bond acceptors (Lipinski definition) is 3. The Balaban J connectivity index is 1.85. The van der Waals surface area contributed by atoms with Crippen molar-refractivity contribution in [3.8, 4) is 0 Å². The van der Waals surface area contributed by atoms with Gasteiger partial charge in [-0.1, -0.05) is 17.7 Å². The van der Waals surface area contributed by atoms with Crippen molar-refractivity contribution in [3.05, 3.63) is 23.4 Å². The largest absolute Gasteiger partial charge is 0.376 e. The van der Waals surface area contributed by atoms with Crippen LogP contribution in [0, 0.1) is 0 Å². The molecule has 0 aliphatic carbocycles. The Morgan fingerprint density at radius 2 is 2.50 bits per heavy atom. The Morgan fingerprint density at radius 3 is 3.21 bits per heavy atom. The van der Waals surface area contributed by atoms with Crippen molar-refractivity contribution in [3.63, 3.8) is 0 Å². The van der Waals surface area contributed by atoms with E-state index in [2.05, 4.69) is 10.3 Å². The minimum atomic E-state index is 0.329. The standard InChI is InChI=1S/C10H13ClN2O/c11-9-4-1-5-10(13-9)12-7-8-3-2-6-14-8/h1,4-5,8H,2-3,6-7H2,(H,12,13)/t8-/m1/s1. The fourth-order valence-corrected chi connectivity index (χ4v) is 1.69. The van der Waals surface area contributed by atoms with Crippen molar-refractivity contribution in [1.29, 1.82) is 0 Å². The number of nitrogens with zero attached hydrogens (tertiary/aromatic N) is 1. The number of rotatable bonds is 3. The summed E-state index contributed by atoms with van der Waals surface area (Å²) in [5.41, 5.74) is 0. The first-order chi connectivity index (χ1) is 6.84. The van der Waals surface area contributed by atoms with Crippen LogP contribution in [0.2, 0.25) is 5.15 Å². The zero-order chi connectivity index (χ0) is 9.80. The second-order valence-corrected chi connectivity index (χ2v) is 3.75. The van der Waals surface area contributed by atoms with Gasteiger partial charge >= 0.3 is 0 Å². The van der Waals surface area contributed by atoms with E-state index in [0.29, 0.717) is 11.3 Å². The van der Waals surface area contributed by atoms with E-state index in [1.165, 1.54) is 0 Å². The molecule has 0 unspecified atom stereocenters. The molecule has 1 saturated heterocycles. The van der Waals surface area contributed by atoms with Gasteiger partial charge in [-0.3, -0.25) is 0 Å². The van der Waals surface area contributed by atoms with Crippen LogP contribution in [0.3, 0.4) is 0 Å². The summed E-state index contributed by atoms with van der Waals surface area (Å²) in [6.07, 6.45) is 2.62. The highest BCUT2D eigenvalue weighted by Gasteiger charge is 2.14. The molecule has 3 nitrogen and oxygen atoms in total. The summed E-state index contributed by atoms with van der Waals surface area (Å²) in [6.45, 7) is 1.70. The first kappa shape index (κ1) is 9.74. The van der Waals surface area contributed by atoms with Gasteiger partial charge in [-0.15, -0.1) is 0 Å². The number of halogens is 1. The van der Waals surface area contributed by atoms with Crippen LogP contribution in [0.15, 0.2) is 18.2 Å². The molecule has 1 atom stereocenters. The Labute approximate surface area is 88.4 Å². The lowest BCUT2D eigenvalue weighted by Gasteiger charge is -2.10. The van der Waals surface area contributed by atoms with Crippen molar-refractivity contribution in [2.45, 2.75) is 18.9 Å². The first-order valence-electron chi connectivity index (χ1n) is 4.82. The predicted molar refractivity (Wildman–Crippen MR) is 56.7 cm³/mol. The lowest BCUT2D eigenvalue weighted by molar-refractivity contribution is 0.120. The average molecular weight is 213 g/mol. The number of hydrogen-bond donors (Lipinski definition) is 1. The number of pyridine rings is 1. The lowest BCUT2D eigenvalue weighted by atomic mass is 10.2. The third-order valence-electron chi connectivity index (χ3n) is 2.25. The van der Waals surface area contributed by atoms with Gasteiger partial charge in [0.15, 0.2) is 0 Å². The molecule has 0 saturated carbocycles. The van der Waals surface area contributed by atoms with Crippen LogP contribution in [-0.2, 0) is 4.74 Å². The highest BCUT2D eigenvalue weighted by atomic mass is 35.5. The van der Waals surface area contributed by atoms with Crippen molar-refractivity contribution in [1.82, 2.24) is 4.98 Å². The minimum Gasteiger partial charge on any atom is -0.376 e. The van der Waals surface area contributed by atoms with Gasteiger partial charge in [0.25, 0.3) is 0 Å². The monoisotopic (exact) mass is 212 g/mol. The normalized spacial score (nSPS) is 21.1. The van der Waals surface area contributed by atoms with Gasteiger partial charge in [0.2, 0.25) is 0 Å². The molecule has 1 aliphatic rings. The Kier molecular flexibility index (Phi) is 3.22. The van der Waals surface area contributed by atoms with Crippen LogP contribution >= 0.6 is 11.6 Å². The summed E-state index contributed by atoms with van der Waals surface area (Å²) < 4.78 is 5.48. The molecular weight excluding hydrogens is 200 g/mol. The Bertz CT molecular complexity index is 300. The summed E-state index contributed by atoms with van der Waals surface area (Å²) in [5.74, 6) is 0.813. The topological polar surface area (TPSA) is 34.1 Å². The molecule has 0 bridgehead atoms. The molecule has 1 fully saturated rings. The smallest absolute Gasteiger partial charge is 0.131 e. The molecule has 1 aromatic heterocycles. The van der Waals surface area contributed by atoms with Crippen molar-refractivity contribution >= 4 is 17.4 Å². The van der Waals surface area contributed by atoms with E-state index in [1.54, 1.807) is 6.07 Å². The number of aromatic nitrogens is 1. The van der Waals surface area contributed by atoms with E-state index in [1.807, 2.05) is 12.1 Å². The molecule has 4 heteroatoms. The highest BCUT2D eigenvalue weighted by molar-refractivity contribution is 6.29. The maximum Gasteiger partial charge on any atom is 0.131 e. The summed E-state index contributed by atoms with van der Waals surface area (Å²) in [4.78, 5) is 4.13. The van der Waals surface area contributed by atoms with Crippen LogP contribution in [0.25, 0.3) is 0 Å². The third kappa shape index (κ3) is 2.59. The van der Waals surface area contributed by atoms with Crippen LogP contribution in [0.5, 0.6) is 0 Å². The van der Waals surface area contributed by atoms with Gasteiger partial charge in [0, 0.05) is 13.2 Å². The molecule has 0 amide bonds. The van der Waals surface area contributed by atoms with Gasteiger partial charge in [0.1, 0.15) is 11.0 Å². The predicted octanol–water partition coefficient (Wildman–Crippen LogP) is 2.33. The second kappa shape index (κ2) is 4.62. The van der Waals surface area contributed by atoms with Gasteiger partial charge in [0.05, 0.1) is 6.10 Å². The van der Waals surface area contributed by atoms with Crippen molar-refractivity contribution in [2.24, 2.45) is 0 Å². The first-order valence-corrected chi connectivity index (χ1v) is 5.20. The lowest BCUT2D eigenvalue weighted by Crippen LogP contribution is -2.18. The number of anilines is 1. The quantitative estimate of drug-likeness (QED) is 0.781. The molecule has 0 radical (unpaired) electrons. The maximum absolute atomic E-state index is 5.76. The Hall–Kier alpha value is -0.800. The Morgan fingerprint density at radius 1 is 1.57 bits per heavy atom. The van der Waals surface area contributed by atoms with Crippen LogP contribution in [0.1, 0.15) is 12.8 Å². The van der Waals surface area contributed by atoms with E-state index in [-0.39, 0.29) is 0 Å². The second-order valence-electron chi connectivity index (χ2n) is 3.36. The molecule has 1 aromatic rings. The van der Waals surface area contributed by atoms with E-state index >= 15 is 0 Å². The molecular formula is C10H13ClN2O. The average Bonchev–Trinajstić information content (AvgIpc) is 2.67.